The van der Waals surface area contributed by atoms with Gasteiger partial charge in [-0.1, -0.05) is 24.9 Å². The highest BCUT2D eigenvalue weighted by atomic mass is 79.9. The van der Waals surface area contributed by atoms with Crippen molar-refractivity contribution in [1.29, 1.82) is 0 Å². The smallest absolute Gasteiger partial charge is 0.244 e. The molecule has 0 fully saturated rings. The van der Waals surface area contributed by atoms with Crippen molar-refractivity contribution in [2.45, 2.75) is 33.6 Å². The molecule has 1 amide bonds. The van der Waals surface area contributed by atoms with E-state index in [1.807, 2.05) is 30.0 Å². The molecule has 1 aliphatic rings. The molecule has 0 unspecified atom stereocenters. The van der Waals surface area contributed by atoms with Crippen molar-refractivity contribution < 1.29 is 4.79 Å². The summed E-state index contributed by atoms with van der Waals surface area (Å²) >= 11 is 9.67. The number of halogens is 2. The Hall–Kier alpha value is -1.79. The number of carbonyl (C=O) groups excluding carboxylic acids is 1. The molecule has 0 bridgehead atoms. The number of fused-ring (bicyclic) bond motifs is 1. The quantitative estimate of drug-likeness (QED) is 0.628. The number of carbonyl (C=O) groups is 1. The minimum Gasteiger partial charge on any atom is -0.370 e. The van der Waals surface area contributed by atoms with Crippen molar-refractivity contribution in [3.05, 3.63) is 39.5 Å². The van der Waals surface area contributed by atoms with Crippen LogP contribution in [0.4, 0.5) is 22.9 Å². The van der Waals surface area contributed by atoms with Gasteiger partial charge in [0.15, 0.2) is 5.82 Å². The first-order chi connectivity index (χ1) is 12.9. The van der Waals surface area contributed by atoms with Crippen LogP contribution in [0.5, 0.6) is 0 Å². The number of hydrogen-bond donors (Lipinski definition) is 1. The van der Waals surface area contributed by atoms with Gasteiger partial charge in [-0.25, -0.2) is 4.98 Å². The lowest BCUT2D eigenvalue weighted by Gasteiger charge is -2.34. The summed E-state index contributed by atoms with van der Waals surface area (Å²) in [5.74, 6) is 0.713. The second-order valence-corrected chi connectivity index (χ2v) is 7.94. The summed E-state index contributed by atoms with van der Waals surface area (Å²) in [6, 6.07) is 7.62. The van der Waals surface area contributed by atoms with Gasteiger partial charge in [0.1, 0.15) is 12.2 Å². The van der Waals surface area contributed by atoms with Crippen LogP contribution in [0.1, 0.15) is 32.4 Å². The van der Waals surface area contributed by atoms with E-state index in [0.29, 0.717) is 5.02 Å². The van der Waals surface area contributed by atoms with Crippen molar-refractivity contribution in [2.24, 2.45) is 0 Å². The summed E-state index contributed by atoms with van der Waals surface area (Å²) in [6.45, 7) is 8.34. The Morgan fingerprint density at radius 2 is 2.11 bits per heavy atom. The Labute approximate surface area is 173 Å². The minimum atomic E-state index is -0.0530. The Balaban J connectivity index is 2.12. The summed E-state index contributed by atoms with van der Waals surface area (Å²) < 4.78 is 0.832. The summed E-state index contributed by atoms with van der Waals surface area (Å²) in [5, 5.41) is 3.69. The summed E-state index contributed by atoms with van der Waals surface area (Å²) in [7, 11) is 0. The Kier molecular flexibility index (Phi) is 6.27. The molecule has 0 atom stereocenters. The lowest BCUT2D eigenvalue weighted by atomic mass is 10.1. The first-order valence-corrected chi connectivity index (χ1v) is 10.4. The average molecular weight is 452 g/mol. The van der Waals surface area contributed by atoms with Gasteiger partial charge in [-0.3, -0.25) is 4.79 Å². The first kappa shape index (κ1) is 20.0. The minimum absolute atomic E-state index is 0.0530. The molecule has 1 aliphatic heterocycles. The molecule has 0 aliphatic carbocycles. The number of amides is 1. The van der Waals surface area contributed by atoms with Crippen LogP contribution < -0.4 is 15.1 Å². The van der Waals surface area contributed by atoms with E-state index in [-0.39, 0.29) is 12.5 Å². The Bertz CT molecular complexity index is 858. The highest BCUT2D eigenvalue weighted by Gasteiger charge is 2.29. The topological polar surface area (TPSA) is 48.5 Å². The number of aromatic nitrogens is 1. The molecule has 3 rings (SSSR count). The zero-order chi connectivity index (χ0) is 19.6. The van der Waals surface area contributed by atoms with Crippen molar-refractivity contribution >= 4 is 56.3 Å². The first-order valence-electron chi connectivity index (χ1n) is 9.23. The average Bonchev–Trinajstić information content (AvgIpc) is 2.62. The second kappa shape index (κ2) is 8.48. The van der Waals surface area contributed by atoms with E-state index in [2.05, 4.69) is 46.1 Å². The maximum atomic E-state index is 12.5. The molecule has 0 saturated carbocycles. The fourth-order valence-corrected chi connectivity index (χ4v) is 4.20. The van der Waals surface area contributed by atoms with Crippen molar-refractivity contribution in [2.75, 3.05) is 34.8 Å². The van der Waals surface area contributed by atoms with E-state index in [9.17, 15) is 4.79 Å². The molecule has 7 heteroatoms. The number of benzene rings is 1. The molecule has 5 nitrogen and oxygen atoms in total. The number of pyridine rings is 1. The fraction of sp³-hybridized carbons (Fsp3) is 0.400. The van der Waals surface area contributed by atoms with E-state index in [0.717, 1.165) is 59.0 Å². The van der Waals surface area contributed by atoms with Crippen LogP contribution in [0.15, 0.2) is 28.7 Å². The lowest BCUT2D eigenvalue weighted by molar-refractivity contribution is -0.115. The fourth-order valence-electron chi connectivity index (χ4n) is 3.30. The van der Waals surface area contributed by atoms with Crippen LogP contribution >= 0.6 is 27.5 Å². The van der Waals surface area contributed by atoms with Gasteiger partial charge in [0.05, 0.1) is 11.4 Å². The van der Waals surface area contributed by atoms with Crippen LogP contribution in [0.2, 0.25) is 5.02 Å². The monoisotopic (exact) mass is 450 g/mol. The number of nitrogens with zero attached hydrogens (tertiary/aromatic N) is 3. The van der Waals surface area contributed by atoms with E-state index < -0.39 is 0 Å². The third kappa shape index (κ3) is 4.22. The normalized spacial score (nSPS) is 13.4. The molecule has 0 saturated heterocycles. The summed E-state index contributed by atoms with van der Waals surface area (Å²) in [4.78, 5) is 21.5. The van der Waals surface area contributed by atoms with Gasteiger partial charge in [-0.2, -0.15) is 0 Å². The summed E-state index contributed by atoms with van der Waals surface area (Å²) in [5.41, 5.74) is 3.59. The number of unbranched alkanes of at least 4 members (excludes halogenated alkanes) is 1. The molecule has 27 heavy (non-hydrogen) atoms. The van der Waals surface area contributed by atoms with Gasteiger partial charge in [0, 0.05) is 28.3 Å². The third-order valence-corrected chi connectivity index (χ3v) is 5.50. The van der Waals surface area contributed by atoms with Gasteiger partial charge < -0.3 is 15.1 Å². The van der Waals surface area contributed by atoms with E-state index in [1.165, 1.54) is 0 Å². The van der Waals surface area contributed by atoms with E-state index in [1.54, 1.807) is 0 Å². The predicted octanol–water partition coefficient (Wildman–Crippen LogP) is 5.52. The molecular formula is C20H24BrClN4O. The number of rotatable bonds is 6. The van der Waals surface area contributed by atoms with Gasteiger partial charge >= 0.3 is 0 Å². The predicted molar refractivity (Wildman–Crippen MR) is 117 cm³/mol. The van der Waals surface area contributed by atoms with Crippen molar-refractivity contribution in [3.63, 3.8) is 0 Å². The van der Waals surface area contributed by atoms with Gasteiger partial charge in [-0.05, 0) is 60.5 Å². The molecular weight excluding hydrogens is 428 g/mol. The number of nitrogens with one attached hydrogen (secondary N) is 1. The Morgan fingerprint density at radius 3 is 2.78 bits per heavy atom. The van der Waals surface area contributed by atoms with E-state index >= 15 is 0 Å². The van der Waals surface area contributed by atoms with E-state index in [4.69, 9.17) is 16.6 Å². The molecule has 144 valence electrons. The van der Waals surface area contributed by atoms with Gasteiger partial charge in [0.25, 0.3) is 0 Å². The summed E-state index contributed by atoms with van der Waals surface area (Å²) in [6.07, 6.45) is 2.23. The molecule has 1 aromatic carbocycles. The Morgan fingerprint density at radius 1 is 1.33 bits per heavy atom. The zero-order valence-electron chi connectivity index (χ0n) is 15.9. The van der Waals surface area contributed by atoms with Crippen LogP contribution in [0.25, 0.3) is 0 Å². The molecule has 1 N–H and O–H groups in total. The third-order valence-electron chi connectivity index (χ3n) is 4.63. The number of aryl methyl sites for hydroxylation is 1. The van der Waals surface area contributed by atoms with Gasteiger partial charge in [-0.15, -0.1) is 0 Å². The standard InChI is InChI=1S/C20H24BrClN4O/c1-4-6-9-25(5-2)17-10-13(3)23-20-19(17)24-18(27)12-26(20)16-8-7-14(22)11-15(16)21/h7-8,10-11H,4-6,9,12H2,1-3H3,(H,24,27). The maximum Gasteiger partial charge on any atom is 0.244 e. The van der Waals surface area contributed by atoms with Crippen LogP contribution in [-0.2, 0) is 4.79 Å². The number of hydrogen-bond acceptors (Lipinski definition) is 4. The molecule has 0 spiro atoms. The zero-order valence-corrected chi connectivity index (χ0v) is 18.2. The van der Waals surface area contributed by atoms with Crippen molar-refractivity contribution in [3.8, 4) is 0 Å². The van der Waals surface area contributed by atoms with Crippen LogP contribution in [0.3, 0.4) is 0 Å². The molecule has 1 aromatic heterocycles. The van der Waals surface area contributed by atoms with Crippen LogP contribution in [0, 0.1) is 6.92 Å². The maximum absolute atomic E-state index is 12.5. The SMILES string of the molecule is CCCCN(CC)c1cc(C)nc2c1NC(=O)CN2c1ccc(Cl)cc1Br. The highest BCUT2D eigenvalue weighted by molar-refractivity contribution is 9.10. The molecule has 2 heterocycles. The number of anilines is 4. The molecule has 2 aromatic rings. The van der Waals surface area contributed by atoms with Crippen molar-refractivity contribution in [1.82, 2.24) is 4.98 Å². The highest BCUT2D eigenvalue weighted by Crippen LogP contribution is 2.42. The largest absolute Gasteiger partial charge is 0.370 e. The van der Waals surface area contributed by atoms with Gasteiger partial charge in [0.2, 0.25) is 5.91 Å². The lowest BCUT2D eigenvalue weighted by Crippen LogP contribution is -2.37. The second-order valence-electron chi connectivity index (χ2n) is 6.64. The molecule has 0 radical (unpaired) electrons. The van der Waals surface area contributed by atoms with Crippen LogP contribution in [-0.4, -0.2) is 30.5 Å².